The highest BCUT2D eigenvalue weighted by Gasteiger charge is 2.29. The Balaban J connectivity index is 2.55. The van der Waals surface area contributed by atoms with Crippen LogP contribution in [0.3, 0.4) is 0 Å². The number of hydrogen-bond donors (Lipinski definition) is 0. The molecule has 1 nitrogen and oxygen atoms in total. The van der Waals surface area contributed by atoms with E-state index in [9.17, 15) is 0 Å². The van der Waals surface area contributed by atoms with Crippen molar-refractivity contribution in [1.29, 1.82) is 0 Å². The lowest BCUT2D eigenvalue weighted by atomic mass is 9.88. The topological polar surface area (TPSA) is 12.9 Å². The van der Waals surface area contributed by atoms with Crippen molar-refractivity contribution in [1.82, 2.24) is 4.98 Å². The fraction of sp³-hybridized carbons (Fsp3) is 0.545. The Morgan fingerprint density at radius 1 is 1.42 bits per heavy atom. The molecule has 64 valence electrons. The van der Waals surface area contributed by atoms with E-state index in [1.807, 2.05) is 0 Å². The van der Waals surface area contributed by atoms with Gasteiger partial charge in [0.05, 0.1) is 0 Å². The van der Waals surface area contributed by atoms with Gasteiger partial charge >= 0.3 is 0 Å². The Bertz CT molecular complexity index is 313. The van der Waals surface area contributed by atoms with Gasteiger partial charge in [-0.1, -0.05) is 13.8 Å². The van der Waals surface area contributed by atoms with Gasteiger partial charge in [-0.3, -0.25) is 4.98 Å². The molecule has 0 aromatic carbocycles. The van der Waals surface area contributed by atoms with Crippen LogP contribution in [0.5, 0.6) is 0 Å². The first-order chi connectivity index (χ1) is 5.59. The van der Waals surface area contributed by atoms with Gasteiger partial charge in [0.2, 0.25) is 0 Å². The van der Waals surface area contributed by atoms with Crippen LogP contribution < -0.4 is 0 Å². The molecule has 0 radical (unpaired) electrons. The lowest BCUT2D eigenvalue weighted by Gasteiger charge is -2.17. The summed E-state index contributed by atoms with van der Waals surface area (Å²) in [5.74, 6) is 0. The van der Waals surface area contributed by atoms with Crippen molar-refractivity contribution in [2.24, 2.45) is 0 Å². The van der Waals surface area contributed by atoms with Gasteiger partial charge < -0.3 is 0 Å². The van der Waals surface area contributed by atoms with E-state index < -0.39 is 0 Å². The molecule has 2 rings (SSSR count). The zero-order chi connectivity index (χ0) is 8.77. The smallest absolute Gasteiger partial charge is 0.0375 e. The van der Waals surface area contributed by atoms with E-state index in [0.717, 1.165) is 5.69 Å². The van der Waals surface area contributed by atoms with Crippen molar-refractivity contribution in [2.75, 3.05) is 0 Å². The first-order valence-corrected chi connectivity index (χ1v) is 4.55. The molecule has 0 bridgehead atoms. The quantitative estimate of drug-likeness (QED) is 0.570. The third kappa shape index (κ3) is 1.04. The van der Waals surface area contributed by atoms with E-state index in [2.05, 4.69) is 38.0 Å². The molecular weight excluding hydrogens is 146 g/mol. The molecule has 1 heterocycles. The van der Waals surface area contributed by atoms with Crippen LogP contribution >= 0.6 is 0 Å². The SMILES string of the molecule is Cc1cc2c(cn1)C(C)(C)CC2. The normalized spacial score (nSPS) is 19.2. The summed E-state index contributed by atoms with van der Waals surface area (Å²) in [6, 6.07) is 2.23. The van der Waals surface area contributed by atoms with Crippen molar-refractivity contribution < 1.29 is 0 Å². The second kappa shape index (κ2) is 2.32. The van der Waals surface area contributed by atoms with Crippen LogP contribution in [0.2, 0.25) is 0 Å². The van der Waals surface area contributed by atoms with Crippen LogP contribution in [0, 0.1) is 6.92 Å². The first kappa shape index (κ1) is 7.78. The van der Waals surface area contributed by atoms with Crippen molar-refractivity contribution in [2.45, 2.75) is 39.0 Å². The largest absolute Gasteiger partial charge is 0.261 e. The number of aryl methyl sites for hydroxylation is 2. The summed E-state index contributed by atoms with van der Waals surface area (Å²) in [6.45, 7) is 6.66. The zero-order valence-corrected chi connectivity index (χ0v) is 8.02. The third-order valence-corrected chi connectivity index (χ3v) is 2.87. The minimum absolute atomic E-state index is 0.357. The van der Waals surface area contributed by atoms with E-state index in [1.54, 1.807) is 0 Å². The Morgan fingerprint density at radius 2 is 2.17 bits per heavy atom. The van der Waals surface area contributed by atoms with Gasteiger partial charge in [-0.15, -0.1) is 0 Å². The molecule has 0 saturated carbocycles. The maximum absolute atomic E-state index is 4.35. The molecule has 12 heavy (non-hydrogen) atoms. The lowest BCUT2D eigenvalue weighted by molar-refractivity contribution is 0.521. The number of aromatic nitrogens is 1. The molecule has 0 aliphatic heterocycles. The van der Waals surface area contributed by atoms with Crippen molar-refractivity contribution in [3.63, 3.8) is 0 Å². The molecule has 0 spiro atoms. The maximum Gasteiger partial charge on any atom is 0.0375 e. The monoisotopic (exact) mass is 161 g/mol. The Hall–Kier alpha value is -0.850. The van der Waals surface area contributed by atoms with Gasteiger partial charge in [0.15, 0.2) is 0 Å². The predicted molar refractivity (Wildman–Crippen MR) is 50.3 cm³/mol. The number of nitrogens with zero attached hydrogens (tertiary/aromatic N) is 1. The highest BCUT2D eigenvalue weighted by molar-refractivity contribution is 5.37. The standard InChI is InChI=1S/C11H15N/c1-8-6-9-4-5-11(2,3)10(9)7-12-8/h6-7H,4-5H2,1-3H3. The van der Waals surface area contributed by atoms with Gasteiger partial charge in [0.25, 0.3) is 0 Å². The summed E-state index contributed by atoms with van der Waals surface area (Å²) in [5, 5.41) is 0. The predicted octanol–water partition coefficient (Wildman–Crippen LogP) is 2.61. The zero-order valence-electron chi connectivity index (χ0n) is 8.02. The molecule has 0 fully saturated rings. The second-order valence-corrected chi connectivity index (χ2v) is 4.37. The van der Waals surface area contributed by atoms with Crippen LogP contribution in [-0.2, 0) is 11.8 Å². The van der Waals surface area contributed by atoms with Gasteiger partial charge in [-0.05, 0) is 42.4 Å². The van der Waals surface area contributed by atoms with E-state index in [4.69, 9.17) is 0 Å². The van der Waals surface area contributed by atoms with Crippen molar-refractivity contribution in [3.8, 4) is 0 Å². The summed E-state index contributed by atoms with van der Waals surface area (Å²) in [5.41, 5.74) is 4.46. The highest BCUT2D eigenvalue weighted by Crippen LogP contribution is 2.37. The number of hydrogen-bond acceptors (Lipinski definition) is 1. The molecule has 1 aliphatic carbocycles. The minimum atomic E-state index is 0.357. The van der Waals surface area contributed by atoms with Gasteiger partial charge in [0, 0.05) is 11.9 Å². The van der Waals surface area contributed by atoms with E-state index >= 15 is 0 Å². The molecule has 1 aromatic rings. The van der Waals surface area contributed by atoms with Crippen molar-refractivity contribution in [3.05, 3.63) is 29.1 Å². The minimum Gasteiger partial charge on any atom is -0.261 e. The van der Waals surface area contributed by atoms with Crippen LogP contribution in [0.1, 0.15) is 37.1 Å². The van der Waals surface area contributed by atoms with Crippen LogP contribution in [0.4, 0.5) is 0 Å². The Morgan fingerprint density at radius 3 is 2.92 bits per heavy atom. The fourth-order valence-corrected chi connectivity index (χ4v) is 2.01. The summed E-state index contributed by atoms with van der Waals surface area (Å²) < 4.78 is 0. The lowest BCUT2D eigenvalue weighted by Crippen LogP contribution is -2.12. The fourth-order valence-electron chi connectivity index (χ4n) is 2.01. The molecule has 0 N–H and O–H groups in total. The summed E-state index contributed by atoms with van der Waals surface area (Å²) in [7, 11) is 0. The van der Waals surface area contributed by atoms with E-state index in [1.165, 1.54) is 24.0 Å². The van der Waals surface area contributed by atoms with Crippen molar-refractivity contribution >= 4 is 0 Å². The second-order valence-electron chi connectivity index (χ2n) is 4.37. The third-order valence-electron chi connectivity index (χ3n) is 2.87. The van der Waals surface area contributed by atoms with Crippen LogP contribution in [0.15, 0.2) is 12.3 Å². The van der Waals surface area contributed by atoms with Gasteiger partial charge in [0.1, 0.15) is 0 Å². The van der Waals surface area contributed by atoms with Crippen LogP contribution in [-0.4, -0.2) is 4.98 Å². The molecule has 1 heteroatoms. The average Bonchev–Trinajstić information content (AvgIpc) is 2.27. The summed E-state index contributed by atoms with van der Waals surface area (Å²) >= 11 is 0. The molecular formula is C11H15N. The molecule has 0 atom stereocenters. The summed E-state index contributed by atoms with van der Waals surface area (Å²) in [4.78, 5) is 4.35. The number of pyridine rings is 1. The molecule has 0 saturated heterocycles. The molecule has 0 unspecified atom stereocenters. The van der Waals surface area contributed by atoms with E-state index in [0.29, 0.717) is 5.41 Å². The number of rotatable bonds is 0. The van der Waals surface area contributed by atoms with Crippen LogP contribution in [0.25, 0.3) is 0 Å². The average molecular weight is 161 g/mol. The Kier molecular flexibility index (Phi) is 1.50. The summed E-state index contributed by atoms with van der Waals surface area (Å²) in [6.07, 6.45) is 4.55. The van der Waals surface area contributed by atoms with E-state index in [-0.39, 0.29) is 0 Å². The van der Waals surface area contributed by atoms with Gasteiger partial charge in [-0.25, -0.2) is 0 Å². The molecule has 1 aromatic heterocycles. The van der Waals surface area contributed by atoms with Gasteiger partial charge in [-0.2, -0.15) is 0 Å². The molecule has 1 aliphatic rings. The first-order valence-electron chi connectivity index (χ1n) is 4.55. The Labute approximate surface area is 73.8 Å². The number of fused-ring (bicyclic) bond motifs is 1. The molecule has 0 amide bonds. The highest BCUT2D eigenvalue weighted by atomic mass is 14.7. The maximum atomic E-state index is 4.35.